The fraction of sp³-hybridized carbons (Fsp3) is 0.519. The van der Waals surface area contributed by atoms with Crippen LogP contribution in [0.4, 0.5) is 0 Å². The third-order valence-electron chi connectivity index (χ3n) is 25.8. The van der Waals surface area contributed by atoms with Crippen molar-refractivity contribution in [2.24, 2.45) is 59.2 Å². The van der Waals surface area contributed by atoms with Crippen molar-refractivity contribution in [1.82, 2.24) is 0 Å². The third kappa shape index (κ3) is 28.4. The van der Waals surface area contributed by atoms with Crippen LogP contribution in [0.15, 0.2) is 147 Å². The van der Waals surface area contributed by atoms with Crippen molar-refractivity contribution in [2.45, 2.75) is 256 Å². The minimum absolute atomic E-state index is 0.234. The molecule has 5 aromatic rings. The maximum atomic E-state index is 14.2. The zero-order valence-corrected chi connectivity index (χ0v) is 70.7. The summed E-state index contributed by atoms with van der Waals surface area (Å²) in [7, 11) is 0. The summed E-state index contributed by atoms with van der Waals surface area (Å²) in [6, 6.07) is 36.6. The SMILES string of the molecule is C=CC(=O)OCCCCOC(=O)C1CCC(C(=O)Oc2ccc(C(=O)OC3(C#Cc4ccc(C#Cc5ccc(C#Cc6ccc(C#CC7(OC(=O)c8ccc(OC(=O)C9CCC(C(=O)OCCCCOC(=O)C=C)CC9)cc8)CCC(C8CCC(CCCCC)CC8)CC7)cc6)cc5)cc4)CCC(C4CCC(CCCCC)CC4)CC3)cc2)CC1. The molecule has 0 atom stereocenters. The fourth-order valence-electron chi connectivity index (χ4n) is 18.3. The quantitative estimate of drug-likeness (QED) is 0.00978. The Hall–Kier alpha value is -10.4. The average molecular weight is 1630 g/mol. The van der Waals surface area contributed by atoms with Crippen LogP contribution < -0.4 is 9.47 Å². The zero-order chi connectivity index (χ0) is 84.3. The molecule has 6 saturated carbocycles. The molecule has 6 fully saturated rings. The van der Waals surface area contributed by atoms with Gasteiger partial charge in [-0.3, -0.25) is 19.2 Å². The van der Waals surface area contributed by atoms with Gasteiger partial charge in [0.15, 0.2) is 11.2 Å². The lowest BCUT2D eigenvalue weighted by molar-refractivity contribution is -0.152. The van der Waals surface area contributed by atoms with Crippen molar-refractivity contribution in [2.75, 3.05) is 26.4 Å². The standard InChI is InChI=1S/C104H122O16/c1-5-9-11-17-75-35-39-83(40-36-75)85-61-67-103(68-62-85,119-101(111)91-51-55-93(56-52-91)117-99(109)89-47-43-87(44-48-89)97(107)115-73-15-13-71-113-95(105)7-3)65-59-81-31-27-79(28-32-81)25-23-77-19-21-78(22-20-77)24-26-80-29-33-82(34-30-80)60-66-104(69-63-86(64-70-104)84-41-37-76(38-42-84)18-12-10-6-2)120-102(112)92-53-57-94(58-54-92)118-100(110)90-49-45-88(46-50-90)98(108)116-74-16-14-72-114-96(106)8-4/h7-8,19-22,27-34,51-58,75-76,83-90H,3-6,9-18,35-50,61-64,67-74H2,1-2H3. The summed E-state index contributed by atoms with van der Waals surface area (Å²) in [5.74, 6) is 27.2. The fourth-order valence-corrected chi connectivity index (χ4v) is 18.3. The molecule has 5 aromatic carbocycles. The number of benzene rings is 5. The molecule has 6 aliphatic rings. The first-order valence-corrected chi connectivity index (χ1v) is 44.9. The van der Waals surface area contributed by atoms with Crippen LogP contribution in [-0.4, -0.2) is 85.4 Å². The van der Waals surface area contributed by atoms with Gasteiger partial charge in [-0.1, -0.05) is 140 Å². The molecule has 16 heteroatoms. The molecule has 11 rings (SSSR count). The van der Waals surface area contributed by atoms with Gasteiger partial charge in [0, 0.05) is 45.5 Å². The molecule has 0 N–H and O–H groups in total. The first kappa shape index (κ1) is 90.3. The van der Waals surface area contributed by atoms with Crippen molar-refractivity contribution in [3.05, 3.63) is 191 Å². The number of hydrogen-bond acceptors (Lipinski definition) is 16. The molecule has 0 radical (unpaired) electrons. The Balaban J connectivity index is 0.672. The smallest absolute Gasteiger partial charge is 0.339 e. The van der Waals surface area contributed by atoms with Gasteiger partial charge < -0.3 is 37.9 Å². The predicted molar refractivity (Wildman–Crippen MR) is 462 cm³/mol. The zero-order valence-electron chi connectivity index (χ0n) is 70.7. The van der Waals surface area contributed by atoms with E-state index < -0.39 is 35.1 Å². The van der Waals surface area contributed by atoms with Crippen LogP contribution >= 0.6 is 0 Å². The van der Waals surface area contributed by atoms with E-state index in [1.54, 1.807) is 48.5 Å². The van der Waals surface area contributed by atoms with E-state index in [1.165, 1.54) is 103 Å². The second-order valence-corrected chi connectivity index (χ2v) is 34.2. The van der Waals surface area contributed by atoms with Crippen LogP contribution in [0.5, 0.6) is 11.5 Å². The average Bonchev–Trinajstić information content (AvgIpc) is 0.803. The van der Waals surface area contributed by atoms with Gasteiger partial charge in [-0.15, -0.1) is 0 Å². The Kier molecular flexibility index (Phi) is 35.4. The number of rotatable bonds is 32. The molecule has 0 bridgehead atoms. The molecule has 120 heavy (non-hydrogen) atoms. The largest absolute Gasteiger partial charge is 0.465 e. The van der Waals surface area contributed by atoms with Gasteiger partial charge >= 0.3 is 47.8 Å². The molecule has 0 saturated heterocycles. The van der Waals surface area contributed by atoms with Crippen molar-refractivity contribution >= 4 is 47.8 Å². The summed E-state index contributed by atoms with van der Waals surface area (Å²) in [5.41, 5.74) is 3.64. The second kappa shape index (κ2) is 47.0. The van der Waals surface area contributed by atoms with Gasteiger partial charge in [-0.25, -0.2) is 19.2 Å². The van der Waals surface area contributed by atoms with E-state index >= 15 is 0 Å². The highest BCUT2D eigenvalue weighted by molar-refractivity contribution is 5.91. The minimum Gasteiger partial charge on any atom is -0.465 e. The van der Waals surface area contributed by atoms with Gasteiger partial charge in [-0.05, 0) is 323 Å². The maximum absolute atomic E-state index is 14.2. The highest BCUT2D eigenvalue weighted by atomic mass is 16.6. The molecular weight excluding hydrogens is 1510 g/mol. The van der Waals surface area contributed by atoms with E-state index in [2.05, 4.69) is 74.4 Å². The van der Waals surface area contributed by atoms with Crippen LogP contribution in [0, 0.1) is 107 Å². The summed E-state index contributed by atoms with van der Waals surface area (Å²) < 4.78 is 45.5. The van der Waals surface area contributed by atoms with E-state index in [0.29, 0.717) is 149 Å². The summed E-state index contributed by atoms with van der Waals surface area (Å²) in [6.45, 7) is 12.2. The van der Waals surface area contributed by atoms with Gasteiger partial charge in [0.1, 0.15) is 11.5 Å². The Morgan fingerprint density at radius 3 is 0.892 bits per heavy atom. The van der Waals surface area contributed by atoms with Gasteiger partial charge in [0.25, 0.3) is 0 Å². The normalized spacial score (nSPS) is 23.8. The molecule has 0 aliphatic heterocycles. The van der Waals surface area contributed by atoms with Crippen LogP contribution in [0.3, 0.4) is 0 Å². The van der Waals surface area contributed by atoms with Crippen LogP contribution in [-0.2, 0) is 57.2 Å². The Labute approximate surface area is 711 Å². The molecule has 16 nitrogen and oxygen atoms in total. The highest BCUT2D eigenvalue weighted by Gasteiger charge is 2.43. The number of ether oxygens (including phenoxy) is 8. The minimum atomic E-state index is -0.984. The monoisotopic (exact) mass is 1630 g/mol. The van der Waals surface area contributed by atoms with Crippen molar-refractivity contribution in [1.29, 1.82) is 0 Å². The number of unbranched alkanes of at least 4 members (excludes halogenated alkanes) is 6. The summed E-state index contributed by atoms with van der Waals surface area (Å²) in [5, 5.41) is 0. The molecule has 0 aromatic heterocycles. The molecule has 0 unspecified atom stereocenters. The lowest BCUT2D eigenvalue weighted by Crippen LogP contribution is -2.39. The van der Waals surface area contributed by atoms with Gasteiger partial charge in [0.05, 0.1) is 61.2 Å². The first-order valence-electron chi connectivity index (χ1n) is 44.9. The number of hydrogen-bond donors (Lipinski definition) is 0. The molecule has 6 aliphatic carbocycles. The van der Waals surface area contributed by atoms with Crippen LogP contribution in [0.2, 0.25) is 0 Å². The Morgan fingerprint density at radius 2 is 0.600 bits per heavy atom. The lowest BCUT2D eigenvalue weighted by Gasteiger charge is -2.41. The third-order valence-corrected chi connectivity index (χ3v) is 25.8. The summed E-state index contributed by atoms with van der Waals surface area (Å²) in [6.07, 6.45) is 35.5. The van der Waals surface area contributed by atoms with Gasteiger partial charge in [0.2, 0.25) is 0 Å². The van der Waals surface area contributed by atoms with Crippen molar-refractivity contribution < 1.29 is 76.3 Å². The molecule has 0 heterocycles. The first-order chi connectivity index (χ1) is 58.4. The molecular formula is C104H122O16. The highest BCUT2D eigenvalue weighted by Crippen LogP contribution is 2.47. The molecule has 634 valence electrons. The number of carbonyl (C=O) groups is 8. The number of carbonyl (C=O) groups excluding carboxylic acids is 8. The maximum Gasteiger partial charge on any atom is 0.339 e. The second-order valence-electron chi connectivity index (χ2n) is 34.2. The molecule has 0 spiro atoms. The topological polar surface area (TPSA) is 210 Å². The van der Waals surface area contributed by atoms with E-state index in [0.717, 1.165) is 83.1 Å². The van der Waals surface area contributed by atoms with E-state index in [-0.39, 0.29) is 74.0 Å². The van der Waals surface area contributed by atoms with Crippen LogP contribution in [0.1, 0.15) is 299 Å². The predicted octanol–water partition coefficient (Wildman–Crippen LogP) is 21.1. The summed E-state index contributed by atoms with van der Waals surface area (Å²) >= 11 is 0. The van der Waals surface area contributed by atoms with E-state index in [1.807, 2.05) is 72.8 Å². The Morgan fingerprint density at radius 1 is 0.325 bits per heavy atom. The van der Waals surface area contributed by atoms with Crippen LogP contribution in [0.25, 0.3) is 0 Å². The van der Waals surface area contributed by atoms with E-state index in [9.17, 15) is 38.4 Å². The number of esters is 8. The van der Waals surface area contributed by atoms with Crippen molar-refractivity contribution in [3.63, 3.8) is 0 Å². The molecule has 0 amide bonds. The summed E-state index contributed by atoms with van der Waals surface area (Å²) in [4.78, 5) is 103. The van der Waals surface area contributed by atoms with Crippen molar-refractivity contribution in [3.8, 4) is 58.9 Å². The van der Waals surface area contributed by atoms with Gasteiger partial charge in [-0.2, -0.15) is 0 Å². The lowest BCUT2D eigenvalue weighted by atomic mass is 9.67. The van der Waals surface area contributed by atoms with E-state index in [4.69, 9.17) is 37.9 Å². The Bertz CT molecular complexity index is 4190.